The van der Waals surface area contributed by atoms with Crippen molar-refractivity contribution in [3.05, 3.63) is 57.8 Å². The second kappa shape index (κ2) is 10.1. The first kappa shape index (κ1) is 23.3. The summed E-state index contributed by atoms with van der Waals surface area (Å²) in [6.45, 7) is 13.0. The van der Waals surface area contributed by atoms with Crippen LogP contribution in [0.5, 0.6) is 0 Å². The van der Waals surface area contributed by atoms with Crippen LogP contribution in [0.2, 0.25) is 0 Å². The van der Waals surface area contributed by atoms with E-state index in [4.69, 9.17) is 16.2 Å². The fourth-order valence-corrected chi connectivity index (χ4v) is 4.41. The van der Waals surface area contributed by atoms with Crippen molar-refractivity contribution >= 4 is 22.5 Å². The molecule has 5 heteroatoms. The molecule has 1 atom stereocenters. The number of nitrogens with two attached hydrogens (primary N) is 1. The summed E-state index contributed by atoms with van der Waals surface area (Å²) in [5.41, 5.74) is 14.6. The number of hydrogen-bond donors (Lipinski definition) is 3. The summed E-state index contributed by atoms with van der Waals surface area (Å²) in [5.74, 6) is 0.583. The molecule has 158 valence electrons. The quantitative estimate of drug-likeness (QED) is 0.268. The van der Waals surface area contributed by atoms with Gasteiger partial charge in [-0.05, 0) is 67.2 Å². The smallest absolute Gasteiger partial charge is 0.0723 e. The van der Waals surface area contributed by atoms with E-state index in [1.807, 2.05) is 24.3 Å². The van der Waals surface area contributed by atoms with Crippen LogP contribution in [-0.2, 0) is 0 Å². The molecule has 4 nitrogen and oxygen atoms in total. The van der Waals surface area contributed by atoms with Gasteiger partial charge < -0.3 is 5.73 Å². The Kier molecular flexibility index (Phi) is 8.14. The predicted octanol–water partition coefficient (Wildman–Crippen LogP) is 6.42. The summed E-state index contributed by atoms with van der Waals surface area (Å²) >= 11 is 1.52. The van der Waals surface area contributed by atoms with E-state index in [0.717, 1.165) is 36.4 Å². The molecule has 0 fully saturated rings. The molecule has 0 heterocycles. The normalized spacial score (nSPS) is 21.1. The third-order valence-corrected chi connectivity index (χ3v) is 5.97. The summed E-state index contributed by atoms with van der Waals surface area (Å²) in [5, 5.41) is 13.6. The van der Waals surface area contributed by atoms with Gasteiger partial charge in [0.05, 0.1) is 16.5 Å². The molecule has 0 aliphatic heterocycles. The zero-order chi connectivity index (χ0) is 21.6. The topological polar surface area (TPSA) is 74.3 Å². The zero-order valence-corrected chi connectivity index (χ0v) is 19.5. The molecule has 0 saturated carbocycles. The van der Waals surface area contributed by atoms with Gasteiger partial charge in [0.15, 0.2) is 0 Å². The Balaban J connectivity index is 2.02. The molecule has 2 aliphatic carbocycles. The van der Waals surface area contributed by atoms with E-state index < -0.39 is 0 Å². The van der Waals surface area contributed by atoms with Crippen LogP contribution in [0, 0.1) is 16.7 Å². The van der Waals surface area contributed by atoms with Crippen LogP contribution in [0.15, 0.2) is 62.9 Å². The van der Waals surface area contributed by atoms with Crippen LogP contribution >= 0.6 is 11.8 Å². The molecule has 0 radical (unpaired) electrons. The minimum absolute atomic E-state index is 0.0853. The summed E-state index contributed by atoms with van der Waals surface area (Å²) in [6, 6.07) is 0. The van der Waals surface area contributed by atoms with E-state index in [1.54, 1.807) is 0 Å². The molecule has 0 spiro atoms. The fourth-order valence-electron chi connectivity index (χ4n) is 3.50. The van der Waals surface area contributed by atoms with Gasteiger partial charge in [0.25, 0.3) is 0 Å². The van der Waals surface area contributed by atoms with Gasteiger partial charge in [-0.15, -0.1) is 0 Å². The van der Waals surface area contributed by atoms with Gasteiger partial charge in [0.1, 0.15) is 0 Å². The van der Waals surface area contributed by atoms with Crippen molar-refractivity contribution in [3.63, 3.8) is 0 Å². The van der Waals surface area contributed by atoms with Crippen molar-refractivity contribution < 1.29 is 0 Å². The van der Waals surface area contributed by atoms with Crippen molar-refractivity contribution in [2.45, 2.75) is 67.2 Å². The van der Waals surface area contributed by atoms with Gasteiger partial charge in [-0.2, -0.15) is 5.10 Å². The van der Waals surface area contributed by atoms with Gasteiger partial charge in [-0.1, -0.05) is 57.7 Å². The van der Waals surface area contributed by atoms with Gasteiger partial charge in [0, 0.05) is 17.5 Å². The van der Waals surface area contributed by atoms with E-state index >= 15 is 0 Å². The first-order chi connectivity index (χ1) is 13.6. The standard InChI is InChI=1S/C24H36N4S/c1-16-13-17(2)23(18(3)14-16)28-27-21(24(4,5)6)11-8-12-22(26)29-20-10-7-9-19(25)15-20/h8-9,11,13,15-16,26,28H,7,10,12,14,25H2,1-6H3/b11-8-,26-22?,27-21+. The Bertz CT molecular complexity index is 816. The molecule has 2 aliphatic rings. The van der Waals surface area contributed by atoms with Crippen molar-refractivity contribution in [2.24, 2.45) is 22.2 Å². The predicted molar refractivity (Wildman–Crippen MR) is 129 cm³/mol. The second-order valence-corrected chi connectivity index (χ2v) is 10.3. The second-order valence-electron chi connectivity index (χ2n) is 9.03. The van der Waals surface area contributed by atoms with Crippen LogP contribution in [-0.4, -0.2) is 10.8 Å². The maximum atomic E-state index is 8.27. The van der Waals surface area contributed by atoms with Crippen LogP contribution in [0.4, 0.5) is 0 Å². The molecular formula is C24H36N4S. The Morgan fingerprint density at radius 2 is 2.10 bits per heavy atom. The van der Waals surface area contributed by atoms with E-state index in [2.05, 4.69) is 53.0 Å². The Morgan fingerprint density at radius 1 is 1.38 bits per heavy atom. The molecule has 0 aromatic carbocycles. The average molecular weight is 413 g/mol. The van der Waals surface area contributed by atoms with Crippen LogP contribution in [0.25, 0.3) is 0 Å². The van der Waals surface area contributed by atoms with Gasteiger partial charge >= 0.3 is 0 Å². The number of hydrogen-bond acceptors (Lipinski definition) is 5. The summed E-state index contributed by atoms with van der Waals surface area (Å²) in [6.07, 6.45) is 14.0. The summed E-state index contributed by atoms with van der Waals surface area (Å²) in [7, 11) is 0. The monoisotopic (exact) mass is 412 g/mol. The molecule has 4 N–H and O–H groups in total. The van der Waals surface area contributed by atoms with Crippen molar-refractivity contribution in [2.75, 3.05) is 0 Å². The lowest BCUT2D eigenvalue weighted by Crippen LogP contribution is -2.23. The highest BCUT2D eigenvalue weighted by molar-refractivity contribution is 8.17. The Morgan fingerprint density at radius 3 is 2.72 bits per heavy atom. The maximum Gasteiger partial charge on any atom is 0.0723 e. The first-order valence-corrected chi connectivity index (χ1v) is 11.2. The van der Waals surface area contributed by atoms with Crippen molar-refractivity contribution in [3.8, 4) is 0 Å². The minimum Gasteiger partial charge on any atom is -0.399 e. The number of nitrogens with zero attached hydrogens (tertiary/aromatic N) is 1. The molecule has 0 bridgehead atoms. The highest BCUT2D eigenvalue weighted by Gasteiger charge is 2.19. The van der Waals surface area contributed by atoms with Crippen LogP contribution in [0.1, 0.15) is 67.2 Å². The number of allylic oxidation sites excluding steroid dienone is 8. The molecule has 1 unspecified atom stereocenters. The molecular weight excluding hydrogens is 376 g/mol. The Hall–Kier alpha value is -2.01. The number of rotatable bonds is 6. The lowest BCUT2D eigenvalue weighted by Gasteiger charge is -2.23. The molecule has 29 heavy (non-hydrogen) atoms. The SMILES string of the molecule is CC1=CC(C)CC(C)=C1N/N=C(\C=C/CC(=N)SC1=CC(N)=CCC1)C(C)(C)C. The van der Waals surface area contributed by atoms with Gasteiger partial charge in [-0.3, -0.25) is 10.8 Å². The van der Waals surface area contributed by atoms with E-state index in [9.17, 15) is 0 Å². The highest BCUT2D eigenvalue weighted by Crippen LogP contribution is 2.28. The third-order valence-electron chi connectivity index (χ3n) is 4.97. The molecule has 0 saturated heterocycles. The van der Waals surface area contributed by atoms with Crippen LogP contribution in [0.3, 0.4) is 0 Å². The van der Waals surface area contributed by atoms with Gasteiger partial charge in [0.2, 0.25) is 0 Å². The summed E-state index contributed by atoms with van der Waals surface area (Å²) < 4.78 is 0. The molecule has 0 aromatic rings. The number of nitrogens with one attached hydrogen (secondary N) is 2. The van der Waals surface area contributed by atoms with Crippen molar-refractivity contribution in [1.82, 2.24) is 5.43 Å². The first-order valence-electron chi connectivity index (χ1n) is 10.4. The Labute approximate surface area is 180 Å². The fraction of sp³-hybridized carbons (Fsp3) is 0.500. The minimum atomic E-state index is -0.0853. The summed E-state index contributed by atoms with van der Waals surface area (Å²) in [4.78, 5) is 1.17. The zero-order valence-electron chi connectivity index (χ0n) is 18.7. The average Bonchev–Trinajstić information content (AvgIpc) is 2.58. The van der Waals surface area contributed by atoms with Crippen molar-refractivity contribution in [1.29, 1.82) is 5.41 Å². The van der Waals surface area contributed by atoms with Gasteiger partial charge in [-0.25, -0.2) is 0 Å². The highest BCUT2D eigenvalue weighted by atomic mass is 32.2. The number of hydrazone groups is 1. The van der Waals surface area contributed by atoms with E-state index in [0.29, 0.717) is 17.4 Å². The van der Waals surface area contributed by atoms with Crippen LogP contribution < -0.4 is 11.2 Å². The number of thioether (sulfide) groups is 1. The molecule has 2 rings (SSSR count). The van der Waals surface area contributed by atoms with E-state index in [1.165, 1.54) is 27.8 Å². The maximum absolute atomic E-state index is 8.27. The largest absolute Gasteiger partial charge is 0.399 e. The molecule has 0 aromatic heterocycles. The molecule has 0 amide bonds. The lowest BCUT2D eigenvalue weighted by molar-refractivity contribution is 0.585. The third kappa shape index (κ3) is 7.39. The lowest BCUT2D eigenvalue weighted by atomic mass is 9.89. The van der Waals surface area contributed by atoms with E-state index in [-0.39, 0.29) is 5.41 Å².